The molecule has 166 valence electrons. The largest absolute Gasteiger partial charge is 0.357 e. The minimum Gasteiger partial charge on any atom is -0.357 e. The Kier molecular flexibility index (Phi) is 14.3. The van der Waals surface area contributed by atoms with Crippen LogP contribution in [0.2, 0.25) is 0 Å². The van der Waals surface area contributed by atoms with Crippen molar-refractivity contribution < 1.29 is 9.00 Å². The van der Waals surface area contributed by atoms with Crippen LogP contribution in [0.15, 0.2) is 4.99 Å². The predicted molar refractivity (Wildman–Crippen MR) is 130 cm³/mol. The van der Waals surface area contributed by atoms with Gasteiger partial charge in [-0.3, -0.25) is 18.9 Å². The van der Waals surface area contributed by atoms with Gasteiger partial charge in [0.25, 0.3) is 0 Å². The van der Waals surface area contributed by atoms with Crippen LogP contribution in [-0.2, 0) is 15.6 Å². The quantitative estimate of drug-likeness (QED) is 0.241. The van der Waals surface area contributed by atoms with E-state index >= 15 is 0 Å². The summed E-state index contributed by atoms with van der Waals surface area (Å²) in [6, 6.07) is 0.353. The van der Waals surface area contributed by atoms with Crippen LogP contribution in [-0.4, -0.2) is 76.8 Å². The van der Waals surface area contributed by atoms with Gasteiger partial charge in [-0.1, -0.05) is 6.92 Å². The summed E-state index contributed by atoms with van der Waals surface area (Å²) < 4.78 is 11.9. The van der Waals surface area contributed by atoms with Gasteiger partial charge in [-0.2, -0.15) is 0 Å². The molecule has 0 aromatic carbocycles. The van der Waals surface area contributed by atoms with Crippen LogP contribution in [0.1, 0.15) is 53.9 Å². The molecule has 0 spiro atoms. The lowest BCUT2D eigenvalue weighted by atomic mass is 10.1. The first-order valence-corrected chi connectivity index (χ1v) is 11.5. The molecular formula is C19H40IN5O2S. The molecule has 1 fully saturated rings. The van der Waals surface area contributed by atoms with Gasteiger partial charge in [-0.05, 0) is 47.0 Å². The van der Waals surface area contributed by atoms with Crippen molar-refractivity contribution >= 4 is 46.6 Å². The van der Waals surface area contributed by atoms with Gasteiger partial charge in [0.1, 0.15) is 0 Å². The summed E-state index contributed by atoms with van der Waals surface area (Å²) in [5.74, 6) is 1.48. The second-order valence-electron chi connectivity index (χ2n) is 7.97. The van der Waals surface area contributed by atoms with Gasteiger partial charge in [0.2, 0.25) is 5.91 Å². The number of piperidine rings is 1. The summed E-state index contributed by atoms with van der Waals surface area (Å²) in [6.07, 6.45) is 2.94. The minimum absolute atomic E-state index is 0. The van der Waals surface area contributed by atoms with Gasteiger partial charge in [-0.25, -0.2) is 0 Å². The molecule has 1 aliphatic heterocycles. The average molecular weight is 530 g/mol. The molecule has 1 rings (SSSR count). The number of halogens is 1. The topological polar surface area (TPSA) is 85.8 Å². The molecule has 1 aliphatic rings. The summed E-state index contributed by atoms with van der Waals surface area (Å²) in [4.78, 5) is 18.6. The number of hydrogen-bond donors (Lipinski definition) is 3. The highest BCUT2D eigenvalue weighted by Crippen LogP contribution is 2.11. The van der Waals surface area contributed by atoms with E-state index in [1.165, 1.54) is 0 Å². The van der Waals surface area contributed by atoms with Crippen LogP contribution in [0.5, 0.6) is 0 Å². The number of rotatable bonds is 9. The maximum atomic E-state index is 12.1. The normalized spacial score (nSPS) is 17.5. The van der Waals surface area contributed by atoms with Gasteiger partial charge < -0.3 is 16.0 Å². The third-order valence-corrected chi connectivity index (χ3v) is 6.36. The molecule has 1 unspecified atom stereocenters. The first-order chi connectivity index (χ1) is 12.8. The number of guanidine groups is 1. The van der Waals surface area contributed by atoms with E-state index in [1.54, 1.807) is 0 Å². The minimum atomic E-state index is -0.885. The Morgan fingerprint density at radius 1 is 1.18 bits per heavy atom. The van der Waals surface area contributed by atoms with E-state index in [-0.39, 0.29) is 34.6 Å². The summed E-state index contributed by atoms with van der Waals surface area (Å²) in [5, 5.41) is 9.69. The Morgan fingerprint density at radius 3 is 2.36 bits per heavy atom. The second-order valence-corrected chi connectivity index (χ2v) is 10.3. The molecule has 0 bridgehead atoms. The van der Waals surface area contributed by atoms with E-state index in [1.807, 2.05) is 27.7 Å². The van der Waals surface area contributed by atoms with Crippen molar-refractivity contribution in [1.29, 1.82) is 0 Å². The zero-order valence-corrected chi connectivity index (χ0v) is 21.3. The van der Waals surface area contributed by atoms with Crippen molar-refractivity contribution in [3.05, 3.63) is 0 Å². The number of carbonyl (C=O) groups excluding carboxylic acids is 1. The zero-order chi connectivity index (χ0) is 20.3. The van der Waals surface area contributed by atoms with Crippen LogP contribution in [0.4, 0.5) is 0 Å². The molecule has 0 aromatic heterocycles. The Labute approximate surface area is 190 Å². The number of likely N-dealkylation sites (tertiary alicyclic amines) is 1. The highest BCUT2D eigenvalue weighted by atomic mass is 127. The van der Waals surface area contributed by atoms with Crippen LogP contribution in [0.25, 0.3) is 0 Å². The molecule has 1 amide bonds. The molecule has 0 radical (unpaired) electrons. The van der Waals surface area contributed by atoms with Crippen molar-refractivity contribution in [2.75, 3.05) is 45.0 Å². The first-order valence-electron chi connectivity index (χ1n) is 10.2. The first kappa shape index (κ1) is 27.6. The maximum absolute atomic E-state index is 12.1. The van der Waals surface area contributed by atoms with Gasteiger partial charge in [0.15, 0.2) is 5.96 Å². The Morgan fingerprint density at radius 2 is 1.82 bits per heavy atom. The third kappa shape index (κ3) is 11.5. The Balaban J connectivity index is 0.00000729. The van der Waals surface area contributed by atoms with Gasteiger partial charge in [-0.15, -0.1) is 24.0 Å². The fourth-order valence-corrected chi connectivity index (χ4v) is 3.69. The number of nitrogens with zero attached hydrogens (tertiary/aromatic N) is 2. The SMILES string of the molecule is CCCNC(=O)CN1CCC(NC(=NCCS(=O)C(C)(C)C)NCC)CC1.I. The molecule has 0 saturated carbocycles. The Bertz CT molecular complexity index is 503. The monoisotopic (exact) mass is 529 g/mol. The van der Waals surface area contributed by atoms with E-state index in [2.05, 4.69) is 32.8 Å². The van der Waals surface area contributed by atoms with Gasteiger partial charge in [0, 0.05) is 53.5 Å². The molecule has 1 saturated heterocycles. The van der Waals surface area contributed by atoms with Crippen LogP contribution >= 0.6 is 24.0 Å². The van der Waals surface area contributed by atoms with Crippen molar-refractivity contribution in [3.8, 4) is 0 Å². The number of hydrogen-bond acceptors (Lipinski definition) is 4. The molecule has 7 nitrogen and oxygen atoms in total. The predicted octanol–water partition coefficient (Wildman–Crippen LogP) is 1.70. The Hall–Kier alpha value is -0.420. The van der Waals surface area contributed by atoms with Crippen molar-refractivity contribution in [1.82, 2.24) is 20.9 Å². The zero-order valence-electron chi connectivity index (χ0n) is 18.2. The number of nitrogens with one attached hydrogen (secondary N) is 3. The third-order valence-electron chi connectivity index (χ3n) is 4.44. The van der Waals surface area contributed by atoms with E-state index < -0.39 is 10.8 Å². The highest BCUT2D eigenvalue weighted by molar-refractivity contribution is 14.0. The standard InChI is InChI=1S/C19H39N5O2S.HI/c1-6-10-21-17(25)15-24-12-8-16(9-13-24)23-18(20-7-2)22-11-14-27(26)19(3,4)5;/h16H,6-15H2,1-5H3,(H,21,25)(H2,20,22,23);1H. The summed E-state index contributed by atoms with van der Waals surface area (Å²) >= 11 is 0. The van der Waals surface area contributed by atoms with Crippen LogP contribution in [0.3, 0.4) is 0 Å². The number of amides is 1. The molecule has 9 heteroatoms. The summed E-state index contributed by atoms with van der Waals surface area (Å²) in [7, 11) is -0.885. The lowest BCUT2D eigenvalue weighted by molar-refractivity contribution is -0.122. The van der Waals surface area contributed by atoms with E-state index in [9.17, 15) is 9.00 Å². The van der Waals surface area contributed by atoms with Crippen molar-refractivity contribution in [2.24, 2.45) is 4.99 Å². The lowest BCUT2D eigenvalue weighted by Crippen LogP contribution is -2.50. The lowest BCUT2D eigenvalue weighted by Gasteiger charge is -2.32. The second kappa shape index (κ2) is 14.5. The molecule has 1 heterocycles. The van der Waals surface area contributed by atoms with Crippen molar-refractivity contribution in [3.63, 3.8) is 0 Å². The molecule has 1 atom stereocenters. The van der Waals surface area contributed by atoms with Crippen molar-refractivity contribution in [2.45, 2.75) is 64.7 Å². The maximum Gasteiger partial charge on any atom is 0.234 e. The van der Waals surface area contributed by atoms with Gasteiger partial charge in [0.05, 0.1) is 13.1 Å². The number of carbonyl (C=O) groups is 1. The van der Waals surface area contributed by atoms with Crippen LogP contribution in [0, 0.1) is 0 Å². The van der Waals surface area contributed by atoms with Gasteiger partial charge >= 0.3 is 0 Å². The molecular weight excluding hydrogens is 489 g/mol. The van der Waals surface area contributed by atoms with Crippen LogP contribution < -0.4 is 16.0 Å². The highest BCUT2D eigenvalue weighted by Gasteiger charge is 2.22. The fraction of sp³-hybridized carbons (Fsp3) is 0.895. The molecule has 0 aromatic rings. The molecule has 28 heavy (non-hydrogen) atoms. The van der Waals surface area contributed by atoms with E-state index in [0.29, 0.717) is 24.9 Å². The molecule has 0 aliphatic carbocycles. The summed E-state index contributed by atoms with van der Waals surface area (Å²) in [6.45, 7) is 14.5. The smallest absolute Gasteiger partial charge is 0.234 e. The summed E-state index contributed by atoms with van der Waals surface area (Å²) in [5.41, 5.74) is 0. The van der Waals surface area contributed by atoms with E-state index in [4.69, 9.17) is 0 Å². The average Bonchev–Trinajstić information content (AvgIpc) is 2.60. The number of aliphatic imine (C=N–C) groups is 1. The molecule has 3 N–H and O–H groups in total. The fourth-order valence-electron chi connectivity index (χ4n) is 2.82. The van der Waals surface area contributed by atoms with E-state index in [0.717, 1.165) is 51.4 Å².